The van der Waals surface area contributed by atoms with Gasteiger partial charge in [0.05, 0.1) is 4.92 Å². The van der Waals surface area contributed by atoms with Crippen LogP contribution < -0.4 is 10.1 Å². The molecule has 0 aliphatic rings. The molecule has 1 amide bonds. The number of carbonyl (C=O) groups excluding carboxylic acids is 1. The van der Waals surface area contributed by atoms with Gasteiger partial charge in [-0.25, -0.2) is 0 Å². The van der Waals surface area contributed by atoms with E-state index in [0.717, 1.165) is 12.1 Å². The maximum Gasteiger partial charge on any atom is 0.305 e. The summed E-state index contributed by atoms with van der Waals surface area (Å²) in [4.78, 5) is 25.0. The number of nitrogens with one attached hydrogen (secondary N) is 1. The number of hydrogen-bond acceptors (Lipinski definition) is 5. The molecule has 7 nitrogen and oxygen atoms in total. The molecule has 0 unspecified atom stereocenters. The number of ether oxygens (including phenoxy) is 1. The highest BCUT2D eigenvalue weighted by Crippen LogP contribution is 2.26. The lowest BCUT2D eigenvalue weighted by atomic mass is 10.3. The van der Waals surface area contributed by atoms with Crippen LogP contribution in [0.3, 0.4) is 0 Å². The summed E-state index contributed by atoms with van der Waals surface area (Å²) in [5, 5.41) is 12.9. The lowest BCUT2D eigenvalue weighted by Crippen LogP contribution is -2.18. The second-order valence-electron chi connectivity index (χ2n) is 3.93. The maximum atomic E-state index is 13.5. The number of rotatable bonds is 4. The summed E-state index contributed by atoms with van der Waals surface area (Å²) < 4.78 is 18.8. The number of nitro benzene ring substituents is 1. The molecule has 2 rings (SSSR count). The summed E-state index contributed by atoms with van der Waals surface area (Å²) in [6, 6.07) is 6.02. The molecular weight excluding hydrogens is 281 g/mol. The average Bonchev–Trinajstić information content (AvgIpc) is 2.46. The molecule has 1 N–H and O–H groups in total. The van der Waals surface area contributed by atoms with Gasteiger partial charge in [-0.3, -0.25) is 19.9 Å². The number of halogens is 1. The van der Waals surface area contributed by atoms with E-state index in [-0.39, 0.29) is 17.2 Å². The van der Waals surface area contributed by atoms with Crippen molar-refractivity contribution in [2.45, 2.75) is 0 Å². The third kappa shape index (κ3) is 3.30. The molecule has 0 aliphatic heterocycles. The van der Waals surface area contributed by atoms with Gasteiger partial charge in [0.1, 0.15) is 17.2 Å². The minimum atomic E-state index is -1.00. The third-order valence-corrected chi connectivity index (χ3v) is 2.54. The van der Waals surface area contributed by atoms with Crippen LogP contribution in [-0.4, -0.2) is 22.9 Å². The Hall–Kier alpha value is -3.03. The number of nitro groups is 1. The zero-order chi connectivity index (χ0) is 15.4. The van der Waals surface area contributed by atoms with Crippen LogP contribution in [0.15, 0.2) is 36.5 Å². The molecule has 1 aromatic carbocycles. The van der Waals surface area contributed by atoms with E-state index in [0.29, 0.717) is 0 Å². The predicted molar refractivity (Wildman–Crippen MR) is 70.8 cm³/mol. The second-order valence-corrected chi connectivity index (χ2v) is 3.93. The number of benzene rings is 1. The summed E-state index contributed by atoms with van der Waals surface area (Å²) in [5.74, 6) is -1.06. The van der Waals surface area contributed by atoms with Crippen molar-refractivity contribution < 1.29 is 18.8 Å². The molecule has 0 atom stereocenters. The van der Waals surface area contributed by atoms with Gasteiger partial charge in [0.15, 0.2) is 0 Å². The summed E-state index contributed by atoms with van der Waals surface area (Å²) in [7, 11) is 1.46. The average molecular weight is 291 g/mol. The standard InChI is InChI=1S/C13H10FN3O4/c1-15-13(18)11-7-9(4-5-16-11)21-8-2-3-12(17(19)20)10(14)6-8/h2-7H,1H3,(H,15,18). The summed E-state index contributed by atoms with van der Waals surface area (Å²) >= 11 is 0. The topological polar surface area (TPSA) is 94.4 Å². The second kappa shape index (κ2) is 5.95. The van der Waals surface area contributed by atoms with Crippen molar-refractivity contribution in [1.82, 2.24) is 10.3 Å². The van der Waals surface area contributed by atoms with Gasteiger partial charge in [0.2, 0.25) is 5.82 Å². The first-order valence-corrected chi connectivity index (χ1v) is 5.81. The fourth-order valence-corrected chi connectivity index (χ4v) is 1.56. The van der Waals surface area contributed by atoms with Crippen LogP contribution in [0.2, 0.25) is 0 Å². The van der Waals surface area contributed by atoms with Crippen LogP contribution in [0.25, 0.3) is 0 Å². The normalized spacial score (nSPS) is 10.0. The van der Waals surface area contributed by atoms with Gasteiger partial charge in [-0.2, -0.15) is 4.39 Å². The van der Waals surface area contributed by atoms with E-state index in [1.54, 1.807) is 0 Å². The van der Waals surface area contributed by atoms with E-state index >= 15 is 0 Å². The summed E-state index contributed by atoms with van der Waals surface area (Å²) in [6.07, 6.45) is 1.36. The third-order valence-electron chi connectivity index (χ3n) is 2.54. The minimum Gasteiger partial charge on any atom is -0.457 e. The van der Waals surface area contributed by atoms with Gasteiger partial charge in [-0.1, -0.05) is 0 Å². The lowest BCUT2D eigenvalue weighted by Gasteiger charge is -2.07. The monoisotopic (exact) mass is 291 g/mol. The van der Waals surface area contributed by atoms with E-state index < -0.39 is 22.3 Å². The fourth-order valence-electron chi connectivity index (χ4n) is 1.56. The number of aromatic nitrogens is 1. The van der Waals surface area contributed by atoms with Crippen LogP contribution >= 0.6 is 0 Å². The Kier molecular flexibility index (Phi) is 4.07. The van der Waals surface area contributed by atoms with Crippen LogP contribution in [-0.2, 0) is 0 Å². The molecule has 0 fully saturated rings. The van der Waals surface area contributed by atoms with E-state index in [4.69, 9.17) is 4.74 Å². The number of pyridine rings is 1. The maximum absolute atomic E-state index is 13.5. The van der Waals surface area contributed by atoms with Gasteiger partial charge in [-0.15, -0.1) is 0 Å². The minimum absolute atomic E-state index is 0.0761. The molecular formula is C13H10FN3O4. The largest absolute Gasteiger partial charge is 0.457 e. The molecule has 8 heteroatoms. The Bertz CT molecular complexity index is 706. The van der Waals surface area contributed by atoms with Crippen LogP contribution in [0.1, 0.15) is 10.5 Å². The van der Waals surface area contributed by atoms with Crippen molar-refractivity contribution in [1.29, 1.82) is 0 Å². The van der Waals surface area contributed by atoms with Crippen LogP contribution in [0.4, 0.5) is 10.1 Å². The van der Waals surface area contributed by atoms with Crippen molar-refractivity contribution in [3.63, 3.8) is 0 Å². The van der Waals surface area contributed by atoms with Crippen molar-refractivity contribution >= 4 is 11.6 Å². The molecule has 21 heavy (non-hydrogen) atoms. The number of hydrogen-bond donors (Lipinski definition) is 1. The van der Waals surface area contributed by atoms with E-state index in [2.05, 4.69) is 10.3 Å². The van der Waals surface area contributed by atoms with Gasteiger partial charge in [0.25, 0.3) is 5.91 Å². The number of nitrogens with zero attached hydrogens (tertiary/aromatic N) is 2. The molecule has 2 aromatic rings. The van der Waals surface area contributed by atoms with E-state index in [1.165, 1.54) is 31.4 Å². The Morgan fingerprint density at radius 2 is 2.05 bits per heavy atom. The quantitative estimate of drug-likeness (QED) is 0.688. The Morgan fingerprint density at radius 1 is 1.33 bits per heavy atom. The molecule has 1 aromatic heterocycles. The van der Waals surface area contributed by atoms with Crippen molar-refractivity contribution in [2.24, 2.45) is 0 Å². The SMILES string of the molecule is CNC(=O)c1cc(Oc2ccc([N+](=O)[O-])c(F)c2)ccn1. The molecule has 0 saturated heterocycles. The van der Waals surface area contributed by atoms with Crippen LogP contribution in [0, 0.1) is 15.9 Å². The first kappa shape index (κ1) is 14.4. The molecule has 0 spiro atoms. The molecule has 1 heterocycles. The van der Waals surface area contributed by atoms with Gasteiger partial charge >= 0.3 is 5.69 Å². The van der Waals surface area contributed by atoms with Crippen molar-refractivity contribution in [3.05, 3.63) is 58.2 Å². The molecule has 0 aliphatic carbocycles. The zero-order valence-corrected chi connectivity index (χ0v) is 10.9. The molecule has 0 saturated carbocycles. The Balaban J connectivity index is 2.24. The van der Waals surface area contributed by atoms with Crippen LogP contribution in [0.5, 0.6) is 11.5 Å². The summed E-state index contributed by atoms with van der Waals surface area (Å²) in [5.41, 5.74) is -0.500. The van der Waals surface area contributed by atoms with Gasteiger partial charge in [0, 0.05) is 31.4 Å². The highest BCUT2D eigenvalue weighted by molar-refractivity contribution is 5.92. The lowest BCUT2D eigenvalue weighted by molar-refractivity contribution is -0.387. The first-order valence-electron chi connectivity index (χ1n) is 5.81. The number of amides is 1. The van der Waals surface area contributed by atoms with Crippen molar-refractivity contribution in [2.75, 3.05) is 7.05 Å². The van der Waals surface area contributed by atoms with E-state index in [1.807, 2.05) is 0 Å². The summed E-state index contributed by atoms with van der Waals surface area (Å²) in [6.45, 7) is 0. The first-order chi connectivity index (χ1) is 10.0. The highest BCUT2D eigenvalue weighted by Gasteiger charge is 2.15. The fraction of sp³-hybridized carbons (Fsp3) is 0.0769. The van der Waals surface area contributed by atoms with Crippen molar-refractivity contribution in [3.8, 4) is 11.5 Å². The molecule has 0 radical (unpaired) electrons. The molecule has 108 valence electrons. The Morgan fingerprint density at radius 3 is 2.67 bits per heavy atom. The highest BCUT2D eigenvalue weighted by atomic mass is 19.1. The smallest absolute Gasteiger partial charge is 0.305 e. The predicted octanol–water partition coefficient (Wildman–Crippen LogP) is 2.28. The van der Waals surface area contributed by atoms with Gasteiger partial charge in [-0.05, 0) is 12.1 Å². The molecule has 0 bridgehead atoms. The number of carbonyl (C=O) groups is 1. The van der Waals surface area contributed by atoms with Gasteiger partial charge < -0.3 is 10.1 Å². The Labute approximate surface area is 118 Å². The van der Waals surface area contributed by atoms with E-state index in [9.17, 15) is 19.3 Å². The zero-order valence-electron chi connectivity index (χ0n) is 10.9.